The van der Waals surface area contributed by atoms with E-state index >= 15 is 0 Å². The third-order valence-corrected chi connectivity index (χ3v) is 8.40. The number of piperidine rings is 1. The van der Waals surface area contributed by atoms with Gasteiger partial charge in [0.2, 0.25) is 5.91 Å². The zero-order valence-electron chi connectivity index (χ0n) is 17.5. The molecule has 31 heavy (non-hydrogen) atoms. The van der Waals surface area contributed by atoms with Crippen LogP contribution in [0.15, 0.2) is 48.5 Å². The molecule has 0 radical (unpaired) electrons. The molecule has 3 fully saturated rings. The van der Waals surface area contributed by atoms with E-state index in [1.54, 1.807) is 0 Å². The highest BCUT2D eigenvalue weighted by atomic mass is 32.2. The summed E-state index contributed by atoms with van der Waals surface area (Å²) in [5.41, 5.74) is 4.39. The van der Waals surface area contributed by atoms with Crippen LogP contribution in [0.3, 0.4) is 0 Å². The van der Waals surface area contributed by atoms with Crippen molar-refractivity contribution in [1.82, 2.24) is 16.0 Å². The van der Waals surface area contributed by atoms with Crippen molar-refractivity contribution in [1.29, 1.82) is 0 Å². The number of carbonyl (C=O) groups is 1. The zero-order chi connectivity index (χ0) is 21.7. The fourth-order valence-electron chi connectivity index (χ4n) is 5.21. The van der Waals surface area contributed by atoms with Gasteiger partial charge < -0.3 is 5.32 Å². The van der Waals surface area contributed by atoms with Crippen molar-refractivity contribution in [2.45, 2.75) is 61.5 Å². The van der Waals surface area contributed by atoms with Crippen LogP contribution in [0.5, 0.6) is 0 Å². The van der Waals surface area contributed by atoms with E-state index in [0.717, 1.165) is 22.3 Å². The number of amides is 1. The van der Waals surface area contributed by atoms with Crippen molar-refractivity contribution in [3.63, 3.8) is 0 Å². The van der Waals surface area contributed by atoms with Crippen molar-refractivity contribution in [3.05, 3.63) is 70.8 Å². The molecular formula is C24H27F2N3OS. The van der Waals surface area contributed by atoms with E-state index in [1.807, 2.05) is 50.2 Å². The maximum atomic E-state index is 13.7. The number of thioether (sulfide) groups is 1. The summed E-state index contributed by atoms with van der Waals surface area (Å²) in [6, 6.07) is 15.4. The molecule has 7 atom stereocenters. The molecular weight excluding hydrogens is 416 g/mol. The van der Waals surface area contributed by atoms with Gasteiger partial charge >= 0.3 is 0 Å². The van der Waals surface area contributed by atoms with Crippen LogP contribution in [0.1, 0.15) is 40.8 Å². The van der Waals surface area contributed by atoms with Crippen LogP contribution < -0.4 is 16.0 Å². The van der Waals surface area contributed by atoms with Crippen LogP contribution in [0.25, 0.3) is 0 Å². The van der Waals surface area contributed by atoms with Gasteiger partial charge in [-0.05, 0) is 37.3 Å². The number of hydrogen-bond acceptors (Lipinski definition) is 4. The number of rotatable bonds is 3. The van der Waals surface area contributed by atoms with E-state index in [0.29, 0.717) is 6.42 Å². The molecule has 4 nitrogen and oxygen atoms in total. The van der Waals surface area contributed by atoms with Crippen LogP contribution in [-0.4, -0.2) is 35.0 Å². The Labute approximate surface area is 185 Å². The maximum Gasteiger partial charge on any atom is 0.253 e. The number of benzene rings is 2. The minimum absolute atomic E-state index is 0.0215. The lowest BCUT2D eigenvalue weighted by molar-refractivity contribution is -0.124. The van der Waals surface area contributed by atoms with Gasteiger partial charge in [0.1, 0.15) is 11.4 Å². The van der Waals surface area contributed by atoms with E-state index in [9.17, 15) is 13.6 Å². The minimum atomic E-state index is -2.43. The number of alkyl halides is 2. The van der Waals surface area contributed by atoms with Crippen molar-refractivity contribution >= 4 is 17.7 Å². The van der Waals surface area contributed by atoms with Crippen molar-refractivity contribution in [2.75, 3.05) is 0 Å². The number of halogens is 2. The first-order valence-corrected chi connectivity index (χ1v) is 11.7. The maximum absolute atomic E-state index is 13.7. The lowest BCUT2D eigenvalue weighted by Crippen LogP contribution is -2.61. The quantitative estimate of drug-likeness (QED) is 0.674. The number of hydrogen-bond donors (Lipinski definition) is 3. The molecule has 0 saturated carbocycles. The van der Waals surface area contributed by atoms with Gasteiger partial charge in [0.15, 0.2) is 0 Å². The van der Waals surface area contributed by atoms with E-state index in [2.05, 4.69) is 28.1 Å². The zero-order valence-corrected chi connectivity index (χ0v) is 18.3. The van der Waals surface area contributed by atoms with E-state index in [1.165, 1.54) is 11.8 Å². The molecule has 5 rings (SSSR count). The first-order chi connectivity index (χ1) is 14.9. The van der Waals surface area contributed by atoms with Crippen molar-refractivity contribution in [2.24, 2.45) is 5.92 Å². The smallest absolute Gasteiger partial charge is 0.253 e. The lowest BCUT2D eigenvalue weighted by atomic mass is 9.73. The Bertz CT molecular complexity index is 952. The Hall–Kier alpha value is -1.96. The predicted molar refractivity (Wildman–Crippen MR) is 119 cm³/mol. The Morgan fingerprint density at radius 3 is 2.16 bits per heavy atom. The third kappa shape index (κ3) is 3.88. The van der Waals surface area contributed by atoms with Gasteiger partial charge in [-0.2, -0.15) is 0 Å². The highest BCUT2D eigenvalue weighted by Crippen LogP contribution is 2.51. The molecule has 3 aliphatic heterocycles. The SMILES string of the molecule is Cc1ccc(C2NC(=O)C3SC4NC(C(F)F)CC(c5ccc(C)cc5)C4C3N2)cc1. The molecule has 0 aromatic heterocycles. The number of nitrogens with one attached hydrogen (secondary N) is 3. The largest absolute Gasteiger partial charge is 0.336 e. The summed E-state index contributed by atoms with van der Waals surface area (Å²) in [4.78, 5) is 13.0. The summed E-state index contributed by atoms with van der Waals surface area (Å²) in [7, 11) is 0. The number of carbonyl (C=O) groups excluding carboxylic acids is 1. The Morgan fingerprint density at radius 2 is 1.55 bits per heavy atom. The van der Waals surface area contributed by atoms with E-state index in [-0.39, 0.29) is 40.6 Å². The Kier molecular flexibility index (Phi) is 5.52. The molecule has 7 heteroatoms. The molecule has 3 aliphatic rings. The summed E-state index contributed by atoms with van der Waals surface area (Å²) in [5, 5.41) is 9.41. The average Bonchev–Trinajstić information content (AvgIpc) is 3.13. The lowest BCUT2D eigenvalue weighted by Gasteiger charge is -2.43. The Morgan fingerprint density at radius 1 is 0.935 bits per heavy atom. The number of fused-ring (bicyclic) bond motifs is 3. The van der Waals surface area contributed by atoms with Gasteiger partial charge in [-0.3, -0.25) is 15.4 Å². The van der Waals surface area contributed by atoms with E-state index in [4.69, 9.17) is 0 Å². The molecule has 2 aromatic rings. The number of aryl methyl sites for hydroxylation is 2. The van der Waals surface area contributed by atoms with Gasteiger partial charge in [-0.25, -0.2) is 8.78 Å². The second-order valence-electron chi connectivity index (χ2n) is 8.96. The highest BCUT2D eigenvalue weighted by Gasteiger charge is 2.56. The molecule has 0 aliphatic carbocycles. The molecule has 3 heterocycles. The monoisotopic (exact) mass is 443 g/mol. The first kappa shape index (κ1) is 20.9. The summed E-state index contributed by atoms with van der Waals surface area (Å²) in [6.45, 7) is 4.06. The molecule has 3 saturated heterocycles. The molecule has 164 valence electrons. The van der Waals surface area contributed by atoms with Gasteiger partial charge in [-0.1, -0.05) is 59.7 Å². The normalized spacial score (nSPS) is 34.9. The van der Waals surface area contributed by atoms with Gasteiger partial charge in [0, 0.05) is 12.0 Å². The fourth-order valence-corrected chi connectivity index (χ4v) is 6.94. The molecule has 7 unspecified atom stereocenters. The van der Waals surface area contributed by atoms with Crippen LogP contribution >= 0.6 is 11.8 Å². The van der Waals surface area contributed by atoms with Crippen molar-refractivity contribution in [3.8, 4) is 0 Å². The highest BCUT2D eigenvalue weighted by molar-refractivity contribution is 8.01. The summed E-state index contributed by atoms with van der Waals surface area (Å²) in [6.07, 6.45) is -2.34. The molecule has 3 N–H and O–H groups in total. The summed E-state index contributed by atoms with van der Waals surface area (Å²) >= 11 is 1.49. The van der Waals surface area contributed by atoms with Gasteiger partial charge in [-0.15, -0.1) is 11.8 Å². The second-order valence-corrected chi connectivity index (χ2v) is 10.2. The molecule has 0 bridgehead atoms. The fraction of sp³-hybridized carbons (Fsp3) is 0.458. The first-order valence-electron chi connectivity index (χ1n) is 10.8. The summed E-state index contributed by atoms with van der Waals surface area (Å²) in [5.74, 6) is -0.0103. The van der Waals surface area contributed by atoms with Crippen LogP contribution in [0.4, 0.5) is 8.78 Å². The third-order valence-electron chi connectivity index (χ3n) is 6.86. The van der Waals surface area contributed by atoms with Gasteiger partial charge in [0.25, 0.3) is 6.43 Å². The van der Waals surface area contributed by atoms with Crippen LogP contribution in [-0.2, 0) is 4.79 Å². The van der Waals surface area contributed by atoms with Crippen molar-refractivity contribution < 1.29 is 13.6 Å². The van der Waals surface area contributed by atoms with Gasteiger partial charge in [0.05, 0.1) is 11.4 Å². The average molecular weight is 444 g/mol. The topological polar surface area (TPSA) is 53.2 Å². The molecule has 1 amide bonds. The molecule has 2 aromatic carbocycles. The van der Waals surface area contributed by atoms with Crippen LogP contribution in [0.2, 0.25) is 0 Å². The second kappa shape index (κ2) is 8.19. The molecule has 0 spiro atoms. The van der Waals surface area contributed by atoms with Crippen LogP contribution in [0, 0.1) is 19.8 Å². The minimum Gasteiger partial charge on any atom is -0.336 e. The Balaban J connectivity index is 1.48. The summed E-state index contributed by atoms with van der Waals surface area (Å²) < 4.78 is 27.5. The predicted octanol–water partition coefficient (Wildman–Crippen LogP) is 3.86. The van der Waals surface area contributed by atoms with E-state index < -0.39 is 12.5 Å². The standard InChI is InChI=1S/C24H27F2N3OS/c1-12-3-7-14(8-4-12)16-11-17(21(25)26)27-24-18(16)19-20(31-24)23(30)29-22(28-19)15-9-5-13(2)6-10-15/h3-10,16-22,24,27-28H,11H2,1-2H3,(H,29,30).